The van der Waals surface area contributed by atoms with Crippen LogP contribution >= 0.6 is 11.3 Å². The van der Waals surface area contributed by atoms with E-state index in [0.29, 0.717) is 15.3 Å². The molecule has 0 aliphatic carbocycles. The van der Waals surface area contributed by atoms with E-state index in [1.807, 2.05) is 13.8 Å². The summed E-state index contributed by atoms with van der Waals surface area (Å²) in [4.78, 5) is 12.1. The molecule has 0 bridgehead atoms. The molecule has 1 heterocycles. The molecule has 0 atom stereocenters. The molecule has 0 spiro atoms. The minimum atomic E-state index is -3.54. The summed E-state index contributed by atoms with van der Waals surface area (Å²) in [6.45, 7) is 3.87. The van der Waals surface area contributed by atoms with Crippen molar-refractivity contribution in [2.75, 3.05) is 0 Å². The number of nitrogens with one attached hydrogen (secondary N) is 1. The minimum absolute atomic E-state index is 0.111. The average molecular weight is 324 g/mol. The van der Waals surface area contributed by atoms with Crippen LogP contribution in [0.4, 0.5) is 0 Å². The number of carbonyl (C=O) groups is 1. The Morgan fingerprint density at radius 3 is 2.57 bits per heavy atom. The highest BCUT2D eigenvalue weighted by molar-refractivity contribution is 7.91. The number of primary amides is 1. The third-order valence-electron chi connectivity index (χ3n) is 3.09. The first-order valence-corrected chi connectivity index (χ1v) is 8.55. The number of rotatable bonds is 5. The van der Waals surface area contributed by atoms with Crippen molar-refractivity contribution >= 4 is 27.3 Å². The Balaban J connectivity index is 2.15. The number of aryl methyl sites for hydroxylation is 2. The lowest BCUT2D eigenvalue weighted by molar-refractivity contribution is 0.1000. The van der Waals surface area contributed by atoms with Gasteiger partial charge in [0, 0.05) is 17.0 Å². The fraction of sp³-hybridized carbons (Fsp3) is 0.214. The summed E-state index contributed by atoms with van der Waals surface area (Å²) >= 11 is 1.24. The molecule has 0 saturated heterocycles. The predicted molar refractivity (Wildman–Crippen MR) is 82.8 cm³/mol. The van der Waals surface area contributed by atoms with E-state index < -0.39 is 15.9 Å². The summed E-state index contributed by atoms with van der Waals surface area (Å²) in [6.07, 6.45) is 0. The molecule has 0 radical (unpaired) electrons. The number of sulfonamides is 1. The molecule has 5 nitrogen and oxygen atoms in total. The van der Waals surface area contributed by atoms with Crippen LogP contribution in [0.5, 0.6) is 0 Å². The molecule has 0 fully saturated rings. The maximum Gasteiger partial charge on any atom is 0.250 e. The van der Waals surface area contributed by atoms with E-state index in [4.69, 9.17) is 5.73 Å². The number of carbonyl (C=O) groups excluding carboxylic acids is 1. The molecule has 0 unspecified atom stereocenters. The van der Waals surface area contributed by atoms with E-state index in [1.54, 1.807) is 30.3 Å². The smallest absolute Gasteiger partial charge is 0.250 e. The van der Waals surface area contributed by atoms with E-state index >= 15 is 0 Å². The Kier molecular flexibility index (Phi) is 4.46. The van der Waals surface area contributed by atoms with Gasteiger partial charge in [0.05, 0.1) is 0 Å². The normalized spacial score (nSPS) is 11.5. The lowest BCUT2D eigenvalue weighted by atomic mass is 10.1. The first kappa shape index (κ1) is 15.7. The van der Waals surface area contributed by atoms with Gasteiger partial charge in [-0.05, 0) is 43.2 Å². The molecular formula is C14H16N2O3S2. The second-order valence-electron chi connectivity index (χ2n) is 4.69. The largest absolute Gasteiger partial charge is 0.366 e. The summed E-state index contributed by atoms with van der Waals surface area (Å²) in [5, 5.41) is 0. The maximum absolute atomic E-state index is 12.2. The quantitative estimate of drug-likeness (QED) is 0.881. The topological polar surface area (TPSA) is 89.3 Å². The van der Waals surface area contributed by atoms with Gasteiger partial charge in [-0.15, -0.1) is 11.3 Å². The molecule has 0 aliphatic heterocycles. The van der Waals surface area contributed by atoms with Gasteiger partial charge >= 0.3 is 0 Å². The van der Waals surface area contributed by atoms with Crippen molar-refractivity contribution in [2.45, 2.75) is 24.6 Å². The van der Waals surface area contributed by atoms with Crippen molar-refractivity contribution in [2.24, 2.45) is 5.73 Å². The summed E-state index contributed by atoms with van der Waals surface area (Å²) < 4.78 is 27.2. The Labute approximate surface area is 127 Å². The zero-order valence-corrected chi connectivity index (χ0v) is 13.3. The van der Waals surface area contributed by atoms with Gasteiger partial charge in [0.2, 0.25) is 15.9 Å². The number of amides is 1. The van der Waals surface area contributed by atoms with Crippen LogP contribution in [0, 0.1) is 13.8 Å². The molecule has 1 aromatic heterocycles. The zero-order valence-electron chi connectivity index (χ0n) is 11.7. The van der Waals surface area contributed by atoms with Gasteiger partial charge in [-0.2, -0.15) is 0 Å². The van der Waals surface area contributed by atoms with Crippen LogP contribution in [0.1, 0.15) is 26.4 Å². The van der Waals surface area contributed by atoms with Gasteiger partial charge in [0.1, 0.15) is 4.21 Å². The molecular weight excluding hydrogens is 308 g/mol. The van der Waals surface area contributed by atoms with Crippen LogP contribution in [-0.2, 0) is 16.6 Å². The van der Waals surface area contributed by atoms with Crippen molar-refractivity contribution in [3.8, 4) is 0 Å². The first-order valence-electron chi connectivity index (χ1n) is 6.25. The Morgan fingerprint density at radius 2 is 2.00 bits per heavy atom. The molecule has 2 aromatic rings. The van der Waals surface area contributed by atoms with Crippen molar-refractivity contribution in [3.63, 3.8) is 0 Å². The summed E-state index contributed by atoms with van der Waals surface area (Å²) in [7, 11) is -3.54. The molecule has 1 aromatic carbocycles. The van der Waals surface area contributed by atoms with Gasteiger partial charge in [0.25, 0.3) is 0 Å². The maximum atomic E-state index is 12.2. The highest BCUT2D eigenvalue weighted by atomic mass is 32.2. The summed E-state index contributed by atoms with van der Waals surface area (Å²) in [5.74, 6) is -0.538. The van der Waals surface area contributed by atoms with Crippen LogP contribution in [0.3, 0.4) is 0 Å². The van der Waals surface area contributed by atoms with Gasteiger partial charge in [-0.3, -0.25) is 4.79 Å². The lowest BCUT2D eigenvalue weighted by Crippen LogP contribution is -2.22. The number of nitrogens with two attached hydrogens (primary N) is 1. The van der Waals surface area contributed by atoms with Crippen molar-refractivity contribution in [3.05, 3.63) is 51.9 Å². The number of hydrogen-bond acceptors (Lipinski definition) is 4. The number of benzene rings is 1. The van der Waals surface area contributed by atoms with Crippen LogP contribution in [0.15, 0.2) is 34.5 Å². The minimum Gasteiger partial charge on any atom is -0.366 e. The fourth-order valence-electron chi connectivity index (χ4n) is 1.76. The standard InChI is InChI=1S/C14H16N2O3S2/c1-9-6-13(20-10(9)2)21(18,19)16-8-11-4-3-5-12(7-11)14(15)17/h3-7,16H,8H2,1-2H3,(H2,15,17). The van der Waals surface area contributed by atoms with E-state index in [9.17, 15) is 13.2 Å². The molecule has 0 aliphatic rings. The zero-order chi connectivity index (χ0) is 15.6. The molecule has 21 heavy (non-hydrogen) atoms. The monoisotopic (exact) mass is 324 g/mol. The third kappa shape index (κ3) is 3.69. The average Bonchev–Trinajstić information content (AvgIpc) is 2.78. The van der Waals surface area contributed by atoms with Crippen LogP contribution < -0.4 is 10.5 Å². The fourth-order valence-corrected chi connectivity index (χ4v) is 4.33. The van der Waals surface area contributed by atoms with Crippen molar-refractivity contribution < 1.29 is 13.2 Å². The third-order valence-corrected chi connectivity index (χ3v) is 6.11. The summed E-state index contributed by atoms with van der Waals surface area (Å²) in [6, 6.07) is 8.23. The highest BCUT2D eigenvalue weighted by Gasteiger charge is 2.17. The van der Waals surface area contributed by atoms with Gasteiger partial charge < -0.3 is 5.73 Å². The van der Waals surface area contributed by atoms with E-state index in [2.05, 4.69) is 4.72 Å². The molecule has 7 heteroatoms. The Morgan fingerprint density at radius 1 is 1.29 bits per heavy atom. The van der Waals surface area contributed by atoms with Gasteiger partial charge in [0.15, 0.2) is 0 Å². The lowest BCUT2D eigenvalue weighted by Gasteiger charge is -2.06. The number of thiophene rings is 1. The van der Waals surface area contributed by atoms with Crippen molar-refractivity contribution in [1.29, 1.82) is 0 Å². The molecule has 3 N–H and O–H groups in total. The second kappa shape index (κ2) is 5.97. The van der Waals surface area contributed by atoms with E-state index in [-0.39, 0.29) is 6.54 Å². The van der Waals surface area contributed by atoms with Gasteiger partial charge in [-0.25, -0.2) is 13.1 Å². The van der Waals surface area contributed by atoms with Crippen LogP contribution in [0.25, 0.3) is 0 Å². The molecule has 2 rings (SSSR count). The first-order chi connectivity index (χ1) is 9.79. The highest BCUT2D eigenvalue weighted by Crippen LogP contribution is 2.24. The summed E-state index contributed by atoms with van der Waals surface area (Å²) in [5.41, 5.74) is 7.19. The van der Waals surface area contributed by atoms with Crippen LogP contribution in [-0.4, -0.2) is 14.3 Å². The van der Waals surface area contributed by atoms with E-state index in [0.717, 1.165) is 10.4 Å². The SMILES string of the molecule is Cc1cc(S(=O)(=O)NCc2cccc(C(N)=O)c2)sc1C. The van der Waals surface area contributed by atoms with Crippen molar-refractivity contribution in [1.82, 2.24) is 4.72 Å². The molecule has 112 valence electrons. The molecule has 1 amide bonds. The Bertz CT molecular complexity index is 760. The number of hydrogen-bond donors (Lipinski definition) is 2. The predicted octanol–water partition coefficient (Wildman–Crippen LogP) is 1.94. The second-order valence-corrected chi connectivity index (χ2v) is 7.94. The Hall–Kier alpha value is -1.70. The van der Waals surface area contributed by atoms with E-state index in [1.165, 1.54) is 11.3 Å². The van der Waals surface area contributed by atoms with Crippen LogP contribution in [0.2, 0.25) is 0 Å². The van der Waals surface area contributed by atoms with Gasteiger partial charge in [-0.1, -0.05) is 12.1 Å². The molecule has 0 saturated carbocycles.